The lowest BCUT2D eigenvalue weighted by Crippen LogP contribution is -2.42. The number of aliphatic hydroxyl groups is 1. The minimum Gasteiger partial charge on any atom is -0.396 e. The monoisotopic (exact) mass is 225 g/mol. The van der Waals surface area contributed by atoms with E-state index in [1.807, 2.05) is 4.90 Å². The van der Waals surface area contributed by atoms with Crippen LogP contribution in [0, 0.1) is 0 Å². The molecular formula is C10H18F3NO. The molecule has 1 saturated carbocycles. The maximum atomic E-state index is 12.0. The zero-order valence-electron chi connectivity index (χ0n) is 8.76. The molecule has 0 radical (unpaired) electrons. The second-order valence-electron chi connectivity index (χ2n) is 4.06. The number of hydrogen-bond acceptors (Lipinski definition) is 2. The highest BCUT2D eigenvalue weighted by Gasteiger charge is 2.31. The molecule has 0 atom stereocenters. The van der Waals surface area contributed by atoms with Crippen LogP contribution in [0.5, 0.6) is 0 Å². The lowest BCUT2D eigenvalue weighted by Gasteiger charge is -2.37. The van der Waals surface area contributed by atoms with Crippen LogP contribution in [0.1, 0.15) is 32.1 Å². The van der Waals surface area contributed by atoms with E-state index in [2.05, 4.69) is 0 Å². The van der Waals surface area contributed by atoms with Crippen LogP contribution in [0.25, 0.3) is 0 Å². The number of rotatable bonds is 6. The average molecular weight is 225 g/mol. The highest BCUT2D eigenvalue weighted by atomic mass is 19.4. The van der Waals surface area contributed by atoms with Gasteiger partial charge in [-0.25, -0.2) is 0 Å². The number of halogens is 3. The molecule has 1 N–H and O–H groups in total. The molecule has 90 valence electrons. The molecule has 0 aromatic carbocycles. The zero-order chi connectivity index (χ0) is 11.3. The van der Waals surface area contributed by atoms with E-state index in [9.17, 15) is 13.2 Å². The summed E-state index contributed by atoms with van der Waals surface area (Å²) < 4.78 is 36.1. The number of alkyl halides is 3. The van der Waals surface area contributed by atoms with Crippen LogP contribution in [0.2, 0.25) is 0 Å². The Bertz CT molecular complexity index is 180. The Morgan fingerprint density at radius 3 is 2.27 bits per heavy atom. The fraction of sp³-hybridized carbons (Fsp3) is 1.00. The summed E-state index contributed by atoms with van der Waals surface area (Å²) in [5.74, 6) is 0. The molecule has 0 amide bonds. The third kappa shape index (κ3) is 4.84. The summed E-state index contributed by atoms with van der Waals surface area (Å²) in [6.45, 7) is 0.709. The lowest BCUT2D eigenvalue weighted by molar-refractivity contribution is -0.140. The van der Waals surface area contributed by atoms with Gasteiger partial charge in [-0.2, -0.15) is 13.2 Å². The van der Waals surface area contributed by atoms with Gasteiger partial charge in [-0.15, -0.1) is 0 Å². The average Bonchev–Trinajstić information content (AvgIpc) is 2.05. The maximum absolute atomic E-state index is 12.0. The number of nitrogens with zero attached hydrogens (tertiary/aromatic N) is 1. The summed E-state index contributed by atoms with van der Waals surface area (Å²) in [4.78, 5) is 1.87. The molecular weight excluding hydrogens is 207 g/mol. The van der Waals surface area contributed by atoms with E-state index >= 15 is 0 Å². The van der Waals surface area contributed by atoms with E-state index in [0.717, 1.165) is 19.3 Å². The van der Waals surface area contributed by atoms with Gasteiger partial charge >= 0.3 is 6.18 Å². The largest absolute Gasteiger partial charge is 0.396 e. The third-order valence-electron chi connectivity index (χ3n) is 2.88. The highest BCUT2D eigenvalue weighted by Crippen LogP contribution is 2.27. The fourth-order valence-electron chi connectivity index (χ4n) is 1.77. The molecule has 15 heavy (non-hydrogen) atoms. The van der Waals surface area contributed by atoms with E-state index < -0.39 is 12.6 Å². The second kappa shape index (κ2) is 5.70. The van der Waals surface area contributed by atoms with Crippen LogP contribution in [0.15, 0.2) is 0 Å². The summed E-state index contributed by atoms with van der Waals surface area (Å²) >= 11 is 0. The number of hydrogen-bond donors (Lipinski definition) is 1. The fourth-order valence-corrected chi connectivity index (χ4v) is 1.77. The maximum Gasteiger partial charge on any atom is 0.390 e. The molecule has 5 heteroatoms. The van der Waals surface area contributed by atoms with E-state index in [0.29, 0.717) is 19.0 Å². The molecule has 0 aromatic heterocycles. The third-order valence-corrected chi connectivity index (χ3v) is 2.88. The van der Waals surface area contributed by atoms with Crippen molar-refractivity contribution >= 4 is 0 Å². The minimum absolute atomic E-state index is 0.0508. The Morgan fingerprint density at radius 2 is 1.87 bits per heavy atom. The second-order valence-corrected chi connectivity index (χ2v) is 4.06. The zero-order valence-corrected chi connectivity index (χ0v) is 8.76. The van der Waals surface area contributed by atoms with Crippen LogP contribution < -0.4 is 0 Å². The number of aliphatic hydroxyl groups excluding tert-OH is 1. The van der Waals surface area contributed by atoms with Crippen LogP contribution >= 0.6 is 0 Å². The molecule has 0 aromatic rings. The quantitative estimate of drug-likeness (QED) is 0.749. The first-order valence-corrected chi connectivity index (χ1v) is 5.44. The van der Waals surface area contributed by atoms with E-state index in [1.54, 1.807) is 0 Å². The van der Waals surface area contributed by atoms with Crippen molar-refractivity contribution in [1.82, 2.24) is 4.90 Å². The molecule has 0 spiro atoms. The molecule has 1 rings (SSSR count). The highest BCUT2D eigenvalue weighted by molar-refractivity contribution is 4.80. The molecule has 0 saturated heterocycles. The van der Waals surface area contributed by atoms with Crippen LogP contribution in [0.3, 0.4) is 0 Å². The molecule has 0 aliphatic heterocycles. The van der Waals surface area contributed by atoms with Crippen LogP contribution in [-0.2, 0) is 0 Å². The van der Waals surface area contributed by atoms with Gasteiger partial charge in [0.05, 0.1) is 6.42 Å². The molecule has 1 aliphatic rings. The van der Waals surface area contributed by atoms with Gasteiger partial charge in [0.25, 0.3) is 0 Å². The SMILES string of the molecule is OCCCN(CCC(F)(F)F)C1CCC1. The van der Waals surface area contributed by atoms with Gasteiger partial charge < -0.3 is 5.11 Å². The standard InChI is InChI=1S/C10H18F3NO/c11-10(12,13)5-7-14(6-2-8-15)9-3-1-4-9/h9,15H,1-8H2. The molecule has 0 unspecified atom stereocenters. The van der Waals surface area contributed by atoms with Gasteiger partial charge in [-0.3, -0.25) is 4.90 Å². The molecule has 0 bridgehead atoms. The van der Waals surface area contributed by atoms with Gasteiger partial charge in [0.15, 0.2) is 0 Å². The Hall–Kier alpha value is -0.290. The Labute approximate surface area is 88.1 Å². The van der Waals surface area contributed by atoms with Crippen molar-refractivity contribution in [1.29, 1.82) is 0 Å². The van der Waals surface area contributed by atoms with Crippen LogP contribution in [0.4, 0.5) is 13.2 Å². The predicted octanol–water partition coefficient (Wildman–Crippen LogP) is 2.18. The van der Waals surface area contributed by atoms with Gasteiger partial charge in [0.1, 0.15) is 0 Å². The van der Waals surface area contributed by atoms with Gasteiger partial charge in [-0.05, 0) is 19.3 Å². The van der Waals surface area contributed by atoms with E-state index in [4.69, 9.17) is 5.11 Å². The summed E-state index contributed by atoms with van der Waals surface area (Å²) in [6.07, 6.45) is -1.12. The Morgan fingerprint density at radius 1 is 1.20 bits per heavy atom. The first-order chi connectivity index (χ1) is 7.03. The topological polar surface area (TPSA) is 23.5 Å². The normalized spacial score (nSPS) is 18.2. The van der Waals surface area contributed by atoms with Crippen LogP contribution in [-0.4, -0.2) is 41.9 Å². The van der Waals surface area contributed by atoms with Crippen molar-refractivity contribution in [3.63, 3.8) is 0 Å². The minimum atomic E-state index is -4.07. The van der Waals surface area contributed by atoms with Crippen molar-refractivity contribution in [2.75, 3.05) is 19.7 Å². The van der Waals surface area contributed by atoms with Gasteiger partial charge in [0, 0.05) is 25.7 Å². The summed E-state index contributed by atoms with van der Waals surface area (Å²) in [6, 6.07) is 0.318. The van der Waals surface area contributed by atoms with Crippen molar-refractivity contribution in [2.24, 2.45) is 0 Å². The smallest absolute Gasteiger partial charge is 0.390 e. The Balaban J connectivity index is 2.28. The summed E-state index contributed by atoms with van der Waals surface area (Å²) in [7, 11) is 0. The lowest BCUT2D eigenvalue weighted by atomic mass is 9.91. The van der Waals surface area contributed by atoms with Crippen molar-refractivity contribution in [3.05, 3.63) is 0 Å². The van der Waals surface area contributed by atoms with Crippen molar-refractivity contribution in [3.8, 4) is 0 Å². The first-order valence-electron chi connectivity index (χ1n) is 5.44. The molecule has 1 aliphatic carbocycles. The summed E-state index contributed by atoms with van der Waals surface area (Å²) in [5, 5.41) is 8.67. The van der Waals surface area contributed by atoms with Crippen molar-refractivity contribution in [2.45, 2.75) is 44.3 Å². The summed E-state index contributed by atoms with van der Waals surface area (Å²) in [5.41, 5.74) is 0. The van der Waals surface area contributed by atoms with E-state index in [-0.39, 0.29) is 13.2 Å². The predicted molar refractivity (Wildman–Crippen MR) is 51.6 cm³/mol. The molecule has 1 fully saturated rings. The van der Waals surface area contributed by atoms with Gasteiger partial charge in [0.2, 0.25) is 0 Å². The Kier molecular flexibility index (Phi) is 4.86. The van der Waals surface area contributed by atoms with Crippen molar-refractivity contribution < 1.29 is 18.3 Å². The first kappa shape index (κ1) is 12.8. The van der Waals surface area contributed by atoms with E-state index in [1.165, 1.54) is 0 Å². The molecule has 0 heterocycles. The van der Waals surface area contributed by atoms with Gasteiger partial charge in [-0.1, -0.05) is 6.42 Å². The molecule has 2 nitrogen and oxygen atoms in total.